The van der Waals surface area contributed by atoms with Crippen molar-refractivity contribution in [3.8, 4) is 23.0 Å². The summed E-state index contributed by atoms with van der Waals surface area (Å²) < 4.78 is 44.1. The lowest BCUT2D eigenvalue weighted by atomic mass is 9.99. The number of benzene rings is 3. The highest BCUT2D eigenvalue weighted by Gasteiger charge is 2.61. The first-order valence-electron chi connectivity index (χ1n) is 18.5. The third-order valence-electron chi connectivity index (χ3n) is 9.20. The van der Waals surface area contributed by atoms with Crippen molar-refractivity contribution < 1.29 is 92.8 Å². The molecular weight excluding hydrogens is 808 g/mol. The first-order chi connectivity index (χ1) is 29.1. The Morgan fingerprint density at radius 1 is 0.672 bits per heavy atom. The number of hydrogen-bond acceptors (Lipinski definition) is 19. The molecule has 0 aromatic heterocycles. The van der Waals surface area contributed by atoms with Gasteiger partial charge >= 0.3 is 23.9 Å². The molecule has 0 spiro atoms. The van der Waals surface area contributed by atoms with E-state index in [9.17, 15) is 54.9 Å². The second kappa shape index (κ2) is 20.8. The van der Waals surface area contributed by atoms with E-state index >= 15 is 0 Å². The van der Waals surface area contributed by atoms with Crippen molar-refractivity contribution in [2.24, 2.45) is 0 Å². The molecule has 0 bridgehead atoms. The lowest BCUT2D eigenvalue weighted by Crippen LogP contribution is -2.63. The van der Waals surface area contributed by atoms with E-state index in [-0.39, 0.29) is 23.0 Å². The summed E-state index contributed by atoms with van der Waals surface area (Å²) in [5.41, 5.74) is 1.39. The van der Waals surface area contributed by atoms with Crippen LogP contribution in [0.3, 0.4) is 0 Å². The number of aliphatic hydroxyl groups excluding tert-OH is 4. The molecule has 3 aromatic rings. The Labute approximate surface area is 347 Å². The Bertz CT molecular complexity index is 2080. The fourth-order valence-corrected chi connectivity index (χ4v) is 5.98. The summed E-state index contributed by atoms with van der Waals surface area (Å²) in [6.45, 7) is -1.32. The summed E-state index contributed by atoms with van der Waals surface area (Å²) in [6, 6.07) is 15.8. The van der Waals surface area contributed by atoms with Gasteiger partial charge in [-0.05, 0) is 71.3 Å². The van der Waals surface area contributed by atoms with Crippen LogP contribution in [0.25, 0.3) is 18.2 Å². The largest absolute Gasteiger partial charge is 0.508 e. The lowest BCUT2D eigenvalue weighted by molar-refractivity contribution is -0.383. The van der Waals surface area contributed by atoms with Crippen LogP contribution in [-0.4, -0.2) is 141 Å². The minimum atomic E-state index is -2.65. The minimum Gasteiger partial charge on any atom is -0.508 e. The first kappa shape index (κ1) is 45.8. The van der Waals surface area contributed by atoms with Gasteiger partial charge in [0.1, 0.15) is 61.8 Å². The summed E-state index contributed by atoms with van der Waals surface area (Å²) in [5.74, 6) is -6.52. The molecule has 3 aromatic carbocycles. The number of methoxy groups -OCH3 is 1. The summed E-state index contributed by atoms with van der Waals surface area (Å²) in [4.78, 5) is 50.7. The minimum absolute atomic E-state index is 0.0219. The third-order valence-corrected chi connectivity index (χ3v) is 9.20. The van der Waals surface area contributed by atoms with Crippen LogP contribution in [0.4, 0.5) is 0 Å². The fourth-order valence-electron chi connectivity index (χ4n) is 5.98. The maximum absolute atomic E-state index is 13.2. The van der Waals surface area contributed by atoms with E-state index in [1.54, 1.807) is 0 Å². The zero-order valence-corrected chi connectivity index (χ0v) is 32.6. The Balaban J connectivity index is 1.44. The van der Waals surface area contributed by atoms with Crippen LogP contribution in [0, 0.1) is 0 Å². The van der Waals surface area contributed by atoms with E-state index in [1.165, 1.54) is 92.1 Å². The predicted octanol–water partition coefficient (Wildman–Crippen LogP) is 1.09. The van der Waals surface area contributed by atoms with E-state index < -0.39 is 98.5 Å². The number of hydrogen-bond donors (Lipinski definition) is 7. The molecule has 61 heavy (non-hydrogen) atoms. The van der Waals surface area contributed by atoms with Crippen molar-refractivity contribution in [1.29, 1.82) is 0 Å². The molecule has 19 nitrogen and oxygen atoms in total. The van der Waals surface area contributed by atoms with Gasteiger partial charge in [-0.1, -0.05) is 30.3 Å². The summed E-state index contributed by atoms with van der Waals surface area (Å²) >= 11 is 0. The van der Waals surface area contributed by atoms with Crippen molar-refractivity contribution >= 4 is 42.1 Å². The van der Waals surface area contributed by atoms with Crippen molar-refractivity contribution in [2.75, 3.05) is 26.9 Å². The van der Waals surface area contributed by atoms with E-state index in [0.717, 1.165) is 25.2 Å². The van der Waals surface area contributed by atoms with Crippen LogP contribution in [0.2, 0.25) is 0 Å². The Morgan fingerprint density at radius 2 is 1.21 bits per heavy atom. The fraction of sp³-hybridized carbons (Fsp3) is 0.333. The summed E-state index contributed by atoms with van der Waals surface area (Å²) in [5, 5.41) is 73.2. The molecular formula is C42H44O19. The number of carbonyl (C=O) groups is 4. The average molecular weight is 853 g/mol. The van der Waals surface area contributed by atoms with Gasteiger partial charge in [-0.15, -0.1) is 0 Å². The van der Waals surface area contributed by atoms with Gasteiger partial charge in [-0.3, -0.25) is 4.79 Å². The highest BCUT2D eigenvalue weighted by atomic mass is 16.8. The molecule has 19 heteroatoms. The number of esters is 4. The smallest absolute Gasteiger partial charge is 0.331 e. The molecule has 326 valence electrons. The van der Waals surface area contributed by atoms with Gasteiger partial charge in [0, 0.05) is 25.2 Å². The molecule has 2 saturated heterocycles. The molecule has 5 rings (SSSR count). The number of phenolic OH excluding ortho intramolecular Hbond substituents is 3. The van der Waals surface area contributed by atoms with E-state index in [1.807, 2.05) is 0 Å². The number of rotatable bonds is 16. The molecule has 2 aliphatic heterocycles. The molecule has 0 saturated carbocycles. The van der Waals surface area contributed by atoms with Crippen LogP contribution in [0.5, 0.6) is 23.0 Å². The highest BCUT2D eigenvalue weighted by Crippen LogP contribution is 2.39. The molecule has 0 aliphatic carbocycles. The number of aliphatic hydroxyl groups is 4. The van der Waals surface area contributed by atoms with Gasteiger partial charge in [-0.2, -0.15) is 0 Å². The summed E-state index contributed by atoms with van der Waals surface area (Å²) in [7, 11) is 1.34. The summed E-state index contributed by atoms with van der Waals surface area (Å²) in [6.07, 6.45) is -7.93. The van der Waals surface area contributed by atoms with Crippen molar-refractivity contribution in [3.63, 3.8) is 0 Å². The third kappa shape index (κ3) is 12.4. The van der Waals surface area contributed by atoms with Gasteiger partial charge in [0.2, 0.25) is 5.79 Å². The molecule has 0 amide bonds. The standard InChI is InChI=1S/C42H44O19/c1-23(43)55-20-31-36(50)37(51)38(52)41(58-31)61-42(22-57-34(48)16-8-24-3-11-27(44)12-4-24)40(53)39(59-35(49)18-9-25-5-13-28(45)14-6-25)32(60-42)21-56-33(47)17-10-26-7-15-29(46)30(19-26)54-2/h3-19,31-32,36-41,44-46,50-53H,20-22H2,1-2H3/b16-8+,17-10+,18-9+/t31-,32-,36-,37+,38-,39-,40+,41-,42+/m1/s1. The monoisotopic (exact) mass is 852 g/mol. The molecule has 0 radical (unpaired) electrons. The van der Waals surface area contributed by atoms with E-state index in [4.69, 9.17) is 37.9 Å². The Hall–Kier alpha value is -6.32. The van der Waals surface area contributed by atoms with Gasteiger partial charge in [0.25, 0.3) is 0 Å². The van der Waals surface area contributed by atoms with Gasteiger partial charge < -0.3 is 73.6 Å². The first-order valence-corrected chi connectivity index (χ1v) is 18.5. The van der Waals surface area contributed by atoms with Gasteiger partial charge in [-0.25, -0.2) is 14.4 Å². The second-order valence-electron chi connectivity index (χ2n) is 13.6. The molecule has 7 N–H and O–H groups in total. The van der Waals surface area contributed by atoms with Crippen LogP contribution < -0.4 is 4.74 Å². The maximum Gasteiger partial charge on any atom is 0.331 e. The molecule has 2 fully saturated rings. The van der Waals surface area contributed by atoms with E-state index in [0.29, 0.717) is 16.7 Å². The number of aromatic hydroxyl groups is 3. The molecule has 2 heterocycles. The molecule has 0 unspecified atom stereocenters. The van der Waals surface area contributed by atoms with Crippen molar-refractivity contribution in [2.45, 2.75) is 61.7 Å². The van der Waals surface area contributed by atoms with Crippen LogP contribution in [0.15, 0.2) is 85.0 Å². The van der Waals surface area contributed by atoms with E-state index in [2.05, 4.69) is 0 Å². The number of ether oxygens (including phenoxy) is 8. The normalized spacial score (nSPS) is 26.3. The highest BCUT2D eigenvalue weighted by molar-refractivity contribution is 5.88. The van der Waals surface area contributed by atoms with Gasteiger partial charge in [0.05, 0.1) is 7.11 Å². The Kier molecular flexibility index (Phi) is 15.6. The Morgan fingerprint density at radius 3 is 1.80 bits per heavy atom. The zero-order valence-electron chi connectivity index (χ0n) is 32.6. The predicted molar refractivity (Wildman–Crippen MR) is 208 cm³/mol. The van der Waals surface area contributed by atoms with Gasteiger partial charge in [0.15, 0.2) is 30.0 Å². The quantitative estimate of drug-likeness (QED) is 0.0603. The maximum atomic E-state index is 13.2. The number of phenols is 3. The van der Waals surface area contributed by atoms with Crippen LogP contribution in [0.1, 0.15) is 23.6 Å². The topological polar surface area (TPSA) is 284 Å². The molecule has 9 atom stereocenters. The average Bonchev–Trinajstić information content (AvgIpc) is 3.49. The SMILES string of the molecule is COc1cc(/C=C/C(=O)OC[C@H]2O[C@@](COC(=O)/C=C/c3ccc(O)cc3)(O[C@H]3O[C@H](COC(C)=O)[C@@H](O)[C@H](O)[C@H]3O)[C@@H](O)[C@@H]2OC(=O)/C=C/c2ccc(O)cc2)ccc1O. The molecule has 2 aliphatic rings. The zero-order chi connectivity index (χ0) is 44.3. The van der Waals surface area contributed by atoms with Crippen LogP contribution >= 0.6 is 0 Å². The second-order valence-corrected chi connectivity index (χ2v) is 13.6. The van der Waals surface area contributed by atoms with Crippen LogP contribution in [-0.2, 0) is 52.3 Å². The van der Waals surface area contributed by atoms with Crippen molar-refractivity contribution in [3.05, 3.63) is 102 Å². The number of carbonyl (C=O) groups excluding carboxylic acids is 4. The van der Waals surface area contributed by atoms with Crippen molar-refractivity contribution in [1.82, 2.24) is 0 Å². The lowest BCUT2D eigenvalue weighted by Gasteiger charge is -2.43.